The van der Waals surface area contributed by atoms with Gasteiger partial charge in [-0.1, -0.05) is 35.0 Å². The summed E-state index contributed by atoms with van der Waals surface area (Å²) in [6, 6.07) is 7.60. The van der Waals surface area contributed by atoms with Crippen LogP contribution in [0.3, 0.4) is 0 Å². The Morgan fingerprint density at radius 1 is 1.26 bits per heavy atom. The van der Waals surface area contributed by atoms with E-state index in [1.54, 1.807) is 0 Å². The summed E-state index contributed by atoms with van der Waals surface area (Å²) in [5.41, 5.74) is 0.994. The molecule has 1 aliphatic heterocycles. The third-order valence-corrected chi connectivity index (χ3v) is 5.53. The summed E-state index contributed by atoms with van der Waals surface area (Å²) >= 11 is 3.38. The van der Waals surface area contributed by atoms with Gasteiger partial charge in [0.2, 0.25) is 0 Å². The lowest BCUT2D eigenvalue weighted by atomic mass is 10.1. The molecule has 1 atom stereocenters. The summed E-state index contributed by atoms with van der Waals surface area (Å²) in [5.74, 6) is 0. The van der Waals surface area contributed by atoms with Gasteiger partial charge in [-0.05, 0) is 37.0 Å². The van der Waals surface area contributed by atoms with Crippen LogP contribution in [0.2, 0.25) is 0 Å². The van der Waals surface area contributed by atoms with Gasteiger partial charge in [-0.15, -0.1) is 0 Å². The second-order valence-corrected chi connectivity index (χ2v) is 7.36. The van der Waals surface area contributed by atoms with E-state index in [9.17, 15) is 8.42 Å². The topological polar surface area (TPSA) is 49.4 Å². The Morgan fingerprint density at radius 2 is 1.84 bits per heavy atom. The lowest BCUT2D eigenvalue weighted by Crippen LogP contribution is -2.40. The van der Waals surface area contributed by atoms with Crippen molar-refractivity contribution >= 4 is 26.1 Å². The molecule has 1 saturated heterocycles. The Morgan fingerprint density at radius 3 is 2.37 bits per heavy atom. The van der Waals surface area contributed by atoms with E-state index >= 15 is 0 Å². The lowest BCUT2D eigenvalue weighted by molar-refractivity contribution is 0.451. The maximum Gasteiger partial charge on any atom is 0.280 e. The molecule has 1 aromatic carbocycles. The number of nitrogens with one attached hydrogen (secondary N) is 1. The number of nitrogens with zero attached hydrogens (tertiary/aromatic N) is 1. The number of benzene rings is 1. The van der Waals surface area contributed by atoms with E-state index in [0.717, 1.165) is 29.3 Å². The van der Waals surface area contributed by atoms with Gasteiger partial charge in [-0.3, -0.25) is 0 Å². The quantitative estimate of drug-likeness (QED) is 0.891. The first-order valence-electron chi connectivity index (χ1n) is 6.56. The molecule has 106 valence electrons. The van der Waals surface area contributed by atoms with Crippen LogP contribution < -0.4 is 4.72 Å². The van der Waals surface area contributed by atoms with Gasteiger partial charge >= 0.3 is 0 Å². The van der Waals surface area contributed by atoms with E-state index in [-0.39, 0.29) is 6.04 Å². The SMILES string of the molecule is CCC(NS(=O)(=O)N1CCCC1)c1ccc(Br)cc1. The largest absolute Gasteiger partial charge is 0.280 e. The minimum Gasteiger partial charge on any atom is -0.195 e. The zero-order valence-corrected chi connectivity index (χ0v) is 13.4. The van der Waals surface area contributed by atoms with Gasteiger partial charge in [-0.25, -0.2) is 0 Å². The molecule has 19 heavy (non-hydrogen) atoms. The first-order valence-corrected chi connectivity index (χ1v) is 8.79. The van der Waals surface area contributed by atoms with Crippen molar-refractivity contribution in [2.24, 2.45) is 0 Å². The van der Waals surface area contributed by atoms with Gasteiger partial charge in [-0.2, -0.15) is 17.4 Å². The van der Waals surface area contributed by atoms with Crippen molar-refractivity contribution in [2.75, 3.05) is 13.1 Å². The molecule has 0 aliphatic carbocycles. The Kier molecular flexibility index (Phi) is 5.00. The van der Waals surface area contributed by atoms with Gasteiger partial charge in [0.25, 0.3) is 10.2 Å². The second-order valence-electron chi connectivity index (χ2n) is 4.74. The summed E-state index contributed by atoms with van der Waals surface area (Å²) < 4.78 is 29.8. The highest BCUT2D eigenvalue weighted by molar-refractivity contribution is 9.10. The fourth-order valence-corrected chi connectivity index (χ4v) is 4.08. The molecule has 1 fully saturated rings. The molecule has 0 amide bonds. The van der Waals surface area contributed by atoms with E-state index < -0.39 is 10.2 Å². The molecule has 0 bridgehead atoms. The fraction of sp³-hybridized carbons (Fsp3) is 0.538. The molecule has 1 unspecified atom stereocenters. The molecular formula is C13H19BrN2O2S. The highest BCUT2D eigenvalue weighted by Crippen LogP contribution is 2.22. The van der Waals surface area contributed by atoms with Crippen LogP contribution in [0.4, 0.5) is 0 Å². The molecular weight excluding hydrogens is 328 g/mol. The van der Waals surface area contributed by atoms with Crippen molar-refractivity contribution < 1.29 is 8.42 Å². The van der Waals surface area contributed by atoms with Crippen molar-refractivity contribution in [2.45, 2.75) is 32.2 Å². The third-order valence-electron chi connectivity index (χ3n) is 3.38. The molecule has 0 saturated carbocycles. The Labute approximate surface area is 123 Å². The van der Waals surface area contributed by atoms with Gasteiger partial charge < -0.3 is 0 Å². The van der Waals surface area contributed by atoms with Crippen LogP contribution in [0.25, 0.3) is 0 Å². The average Bonchev–Trinajstić information content (AvgIpc) is 2.92. The summed E-state index contributed by atoms with van der Waals surface area (Å²) in [6.07, 6.45) is 2.64. The number of halogens is 1. The molecule has 1 heterocycles. The first kappa shape index (κ1) is 15.0. The van der Waals surface area contributed by atoms with Crippen LogP contribution in [-0.4, -0.2) is 25.8 Å². The number of hydrogen-bond donors (Lipinski definition) is 1. The van der Waals surface area contributed by atoms with Crippen molar-refractivity contribution in [1.29, 1.82) is 0 Å². The second kappa shape index (κ2) is 6.35. The fourth-order valence-electron chi connectivity index (χ4n) is 2.26. The Bertz CT molecular complexity index is 510. The van der Waals surface area contributed by atoms with Crippen molar-refractivity contribution in [3.63, 3.8) is 0 Å². The minimum absolute atomic E-state index is 0.168. The molecule has 6 heteroatoms. The van der Waals surface area contributed by atoms with Gasteiger partial charge in [0.15, 0.2) is 0 Å². The zero-order valence-electron chi connectivity index (χ0n) is 11.0. The van der Waals surface area contributed by atoms with Crippen LogP contribution >= 0.6 is 15.9 Å². The van der Waals surface area contributed by atoms with E-state index in [1.807, 2.05) is 31.2 Å². The van der Waals surface area contributed by atoms with E-state index in [4.69, 9.17) is 0 Å². The molecule has 0 radical (unpaired) electrons. The molecule has 1 N–H and O–H groups in total. The van der Waals surface area contributed by atoms with Crippen LogP contribution in [0.1, 0.15) is 37.8 Å². The van der Waals surface area contributed by atoms with Crippen LogP contribution in [0.5, 0.6) is 0 Å². The maximum absolute atomic E-state index is 12.2. The molecule has 0 aromatic heterocycles. The summed E-state index contributed by atoms with van der Waals surface area (Å²) in [7, 11) is -3.36. The van der Waals surface area contributed by atoms with Gasteiger partial charge in [0.05, 0.1) is 0 Å². The molecule has 1 aliphatic rings. The van der Waals surface area contributed by atoms with E-state index in [1.165, 1.54) is 4.31 Å². The maximum atomic E-state index is 12.2. The van der Waals surface area contributed by atoms with Crippen molar-refractivity contribution in [1.82, 2.24) is 9.03 Å². The molecule has 2 rings (SSSR count). The lowest BCUT2D eigenvalue weighted by Gasteiger charge is -2.22. The normalized spacial score (nSPS) is 18.6. The number of hydrogen-bond acceptors (Lipinski definition) is 2. The average molecular weight is 347 g/mol. The summed E-state index contributed by atoms with van der Waals surface area (Å²) in [6.45, 7) is 3.25. The third kappa shape index (κ3) is 3.78. The van der Waals surface area contributed by atoms with Gasteiger partial charge in [0.1, 0.15) is 0 Å². The van der Waals surface area contributed by atoms with E-state index in [2.05, 4.69) is 20.7 Å². The summed E-state index contributed by atoms with van der Waals surface area (Å²) in [4.78, 5) is 0. The van der Waals surface area contributed by atoms with Crippen molar-refractivity contribution in [3.05, 3.63) is 34.3 Å². The minimum atomic E-state index is -3.36. The van der Waals surface area contributed by atoms with E-state index in [0.29, 0.717) is 13.1 Å². The van der Waals surface area contributed by atoms with Crippen LogP contribution in [0, 0.1) is 0 Å². The first-order chi connectivity index (χ1) is 9.03. The van der Waals surface area contributed by atoms with Crippen LogP contribution in [0.15, 0.2) is 28.7 Å². The molecule has 1 aromatic rings. The molecule has 0 spiro atoms. The Balaban J connectivity index is 2.12. The smallest absolute Gasteiger partial charge is 0.195 e. The van der Waals surface area contributed by atoms with Gasteiger partial charge in [0, 0.05) is 23.6 Å². The van der Waals surface area contributed by atoms with Crippen LogP contribution in [-0.2, 0) is 10.2 Å². The Hall–Kier alpha value is -0.430. The predicted molar refractivity (Wildman–Crippen MR) is 80.0 cm³/mol. The highest BCUT2D eigenvalue weighted by atomic mass is 79.9. The monoisotopic (exact) mass is 346 g/mol. The number of rotatable bonds is 5. The summed E-state index contributed by atoms with van der Waals surface area (Å²) in [5, 5.41) is 0. The highest BCUT2D eigenvalue weighted by Gasteiger charge is 2.27. The molecule has 4 nitrogen and oxygen atoms in total. The van der Waals surface area contributed by atoms with Crippen molar-refractivity contribution in [3.8, 4) is 0 Å². The standard InChI is InChI=1S/C13H19BrN2O2S/c1-2-13(11-5-7-12(14)8-6-11)15-19(17,18)16-9-3-4-10-16/h5-8,13,15H,2-4,9-10H2,1H3. The zero-order chi connectivity index (χ0) is 13.9. The predicted octanol–water partition coefficient (Wildman–Crippen LogP) is 2.83.